The number of carbonyl (C=O) groups is 2. The molecule has 3 aromatic rings. The van der Waals surface area contributed by atoms with E-state index in [2.05, 4.69) is 30.4 Å². The Kier molecular flexibility index (Phi) is 7.37. The predicted molar refractivity (Wildman–Crippen MR) is 124 cm³/mol. The van der Waals surface area contributed by atoms with E-state index >= 15 is 0 Å². The van der Waals surface area contributed by atoms with Gasteiger partial charge in [-0.3, -0.25) is 10.00 Å². The first-order valence-electron chi connectivity index (χ1n) is 10.7. The molecule has 10 nitrogen and oxygen atoms in total. The van der Waals surface area contributed by atoms with Crippen molar-refractivity contribution >= 4 is 17.9 Å². The van der Waals surface area contributed by atoms with Crippen LogP contribution in [0.2, 0.25) is 0 Å². The van der Waals surface area contributed by atoms with Crippen LogP contribution in [0.1, 0.15) is 45.1 Å². The van der Waals surface area contributed by atoms with E-state index in [1.165, 1.54) is 7.11 Å². The summed E-state index contributed by atoms with van der Waals surface area (Å²) in [5.41, 5.74) is 2.50. The Morgan fingerprint density at radius 3 is 2.52 bits per heavy atom. The highest BCUT2D eigenvalue weighted by Gasteiger charge is 2.23. The van der Waals surface area contributed by atoms with Crippen LogP contribution in [-0.4, -0.2) is 44.6 Å². The summed E-state index contributed by atoms with van der Waals surface area (Å²) in [5.74, 6) is 0.701. The van der Waals surface area contributed by atoms with Crippen LogP contribution < -0.4 is 10.6 Å². The molecule has 0 spiro atoms. The first-order valence-corrected chi connectivity index (χ1v) is 10.7. The number of methoxy groups -OCH3 is 1. The molecule has 0 bridgehead atoms. The second-order valence-electron chi connectivity index (χ2n) is 8.46. The van der Waals surface area contributed by atoms with Crippen molar-refractivity contribution in [3.05, 3.63) is 54.2 Å². The second-order valence-corrected chi connectivity index (χ2v) is 8.46. The smallest absolute Gasteiger partial charge is 0.411 e. The predicted octanol–water partition coefficient (Wildman–Crippen LogP) is 4.28. The molecule has 1 unspecified atom stereocenters. The van der Waals surface area contributed by atoms with Crippen LogP contribution in [0, 0.1) is 0 Å². The Balaban J connectivity index is 1.75. The molecule has 0 aliphatic rings. The molecule has 0 saturated carbocycles. The zero-order valence-corrected chi connectivity index (χ0v) is 19.5. The van der Waals surface area contributed by atoms with Crippen molar-refractivity contribution < 1.29 is 19.1 Å². The van der Waals surface area contributed by atoms with Gasteiger partial charge in [0.2, 0.25) is 0 Å². The molecular formula is C23H30N6O4. The van der Waals surface area contributed by atoms with E-state index in [0.29, 0.717) is 17.9 Å². The molecule has 33 heavy (non-hydrogen) atoms. The van der Waals surface area contributed by atoms with Gasteiger partial charge < -0.3 is 19.8 Å². The lowest BCUT2D eigenvalue weighted by molar-refractivity contribution is 0.0503. The number of aromatic nitrogens is 4. The molecule has 3 N–H and O–H groups in total. The molecule has 2 heterocycles. The van der Waals surface area contributed by atoms with Crippen LogP contribution in [0.5, 0.6) is 0 Å². The fourth-order valence-corrected chi connectivity index (χ4v) is 3.14. The standard InChI is InChI=1S/C23H30N6O4/c1-6-29-14-16(12-25-29)18(28-22(31)33-23(2,3)4)11-20-24-13-19(27-20)15-7-9-17(10-8-15)26-21(30)32-5/h7-10,12-14,18H,6,11H2,1-5H3,(H,24,27)(H,26,30)(H,28,31). The van der Waals surface area contributed by atoms with Crippen LogP contribution in [0.15, 0.2) is 42.9 Å². The lowest BCUT2D eigenvalue weighted by atomic mass is 10.1. The number of amides is 2. The van der Waals surface area contributed by atoms with Crippen molar-refractivity contribution in [3.63, 3.8) is 0 Å². The third-order valence-corrected chi connectivity index (χ3v) is 4.71. The van der Waals surface area contributed by atoms with Crippen LogP contribution >= 0.6 is 0 Å². The minimum Gasteiger partial charge on any atom is -0.453 e. The molecule has 2 aromatic heterocycles. The number of imidazole rings is 1. The SMILES string of the molecule is CCn1cc(C(Cc2nc(-c3ccc(NC(=O)OC)cc3)c[nH]2)NC(=O)OC(C)(C)C)cn1. The number of nitrogens with one attached hydrogen (secondary N) is 3. The van der Waals surface area contributed by atoms with Gasteiger partial charge in [-0.1, -0.05) is 12.1 Å². The van der Waals surface area contributed by atoms with Crippen LogP contribution in [-0.2, 0) is 22.4 Å². The molecule has 0 aliphatic carbocycles. The summed E-state index contributed by atoms with van der Waals surface area (Å²) in [5, 5.41) is 9.86. The molecule has 1 atom stereocenters. The van der Waals surface area contributed by atoms with Gasteiger partial charge in [-0.2, -0.15) is 5.10 Å². The lowest BCUT2D eigenvalue weighted by Gasteiger charge is -2.23. The number of nitrogens with zero attached hydrogens (tertiary/aromatic N) is 3. The average molecular weight is 455 g/mol. The van der Waals surface area contributed by atoms with Crippen LogP contribution in [0.3, 0.4) is 0 Å². The number of carbonyl (C=O) groups excluding carboxylic acids is 2. The Bertz CT molecular complexity index is 1080. The Morgan fingerprint density at radius 1 is 1.18 bits per heavy atom. The molecule has 176 valence electrons. The van der Waals surface area contributed by atoms with E-state index in [-0.39, 0.29) is 6.04 Å². The maximum Gasteiger partial charge on any atom is 0.411 e. The summed E-state index contributed by atoms with van der Waals surface area (Å²) in [6.07, 6.45) is 4.84. The largest absolute Gasteiger partial charge is 0.453 e. The van der Waals surface area contributed by atoms with Gasteiger partial charge in [0.05, 0.1) is 25.0 Å². The van der Waals surface area contributed by atoms with Crippen molar-refractivity contribution in [1.82, 2.24) is 25.1 Å². The van der Waals surface area contributed by atoms with Crippen molar-refractivity contribution in [1.29, 1.82) is 0 Å². The molecule has 2 amide bonds. The van der Waals surface area contributed by atoms with Crippen molar-refractivity contribution in [2.75, 3.05) is 12.4 Å². The number of alkyl carbamates (subject to hydrolysis) is 1. The molecule has 0 saturated heterocycles. The summed E-state index contributed by atoms with van der Waals surface area (Å²) >= 11 is 0. The molecule has 0 aliphatic heterocycles. The fraction of sp³-hybridized carbons (Fsp3) is 0.391. The number of rotatable bonds is 7. The Hall–Kier alpha value is -3.82. The number of hydrogen-bond donors (Lipinski definition) is 3. The summed E-state index contributed by atoms with van der Waals surface area (Å²) in [7, 11) is 1.31. The molecule has 0 radical (unpaired) electrons. The molecule has 1 aromatic carbocycles. The number of hydrogen-bond acceptors (Lipinski definition) is 6. The minimum atomic E-state index is -0.602. The summed E-state index contributed by atoms with van der Waals surface area (Å²) in [6, 6.07) is 6.88. The van der Waals surface area contributed by atoms with E-state index < -0.39 is 17.8 Å². The minimum absolute atomic E-state index is 0.370. The monoisotopic (exact) mass is 454 g/mol. The zero-order valence-electron chi connectivity index (χ0n) is 19.5. The van der Waals surface area contributed by atoms with Crippen molar-refractivity contribution in [2.24, 2.45) is 0 Å². The maximum atomic E-state index is 12.4. The maximum absolute atomic E-state index is 12.4. The Labute approximate surface area is 192 Å². The van der Waals surface area contributed by atoms with Gasteiger partial charge in [0.15, 0.2) is 0 Å². The topological polar surface area (TPSA) is 123 Å². The van der Waals surface area contributed by atoms with E-state index in [9.17, 15) is 9.59 Å². The third kappa shape index (κ3) is 6.83. The van der Waals surface area contributed by atoms with Gasteiger partial charge in [-0.15, -0.1) is 0 Å². The normalized spacial score (nSPS) is 12.2. The number of anilines is 1. The van der Waals surface area contributed by atoms with Gasteiger partial charge in [0.1, 0.15) is 11.4 Å². The van der Waals surface area contributed by atoms with Gasteiger partial charge in [-0.05, 0) is 39.8 Å². The molecular weight excluding hydrogens is 424 g/mol. The molecule has 3 rings (SSSR count). The number of aromatic amines is 1. The second kappa shape index (κ2) is 10.2. The number of H-pyrrole nitrogens is 1. The van der Waals surface area contributed by atoms with Gasteiger partial charge in [0.25, 0.3) is 0 Å². The van der Waals surface area contributed by atoms with Gasteiger partial charge in [0, 0.05) is 42.2 Å². The van der Waals surface area contributed by atoms with E-state index in [0.717, 1.165) is 23.4 Å². The summed E-state index contributed by atoms with van der Waals surface area (Å²) in [6.45, 7) is 8.19. The van der Waals surface area contributed by atoms with E-state index in [1.54, 1.807) is 29.2 Å². The third-order valence-electron chi connectivity index (χ3n) is 4.71. The highest BCUT2D eigenvalue weighted by molar-refractivity contribution is 5.84. The van der Waals surface area contributed by atoms with Crippen molar-refractivity contribution in [3.8, 4) is 11.3 Å². The van der Waals surface area contributed by atoms with Crippen LogP contribution in [0.4, 0.5) is 15.3 Å². The highest BCUT2D eigenvalue weighted by atomic mass is 16.6. The van der Waals surface area contributed by atoms with E-state index in [4.69, 9.17) is 4.74 Å². The highest BCUT2D eigenvalue weighted by Crippen LogP contribution is 2.23. The van der Waals surface area contributed by atoms with Crippen LogP contribution in [0.25, 0.3) is 11.3 Å². The summed E-state index contributed by atoms with van der Waals surface area (Å²) in [4.78, 5) is 31.6. The molecule has 0 fully saturated rings. The fourth-order valence-electron chi connectivity index (χ4n) is 3.14. The summed E-state index contributed by atoms with van der Waals surface area (Å²) < 4.78 is 11.8. The first-order chi connectivity index (χ1) is 15.7. The Morgan fingerprint density at radius 2 is 1.91 bits per heavy atom. The lowest BCUT2D eigenvalue weighted by Crippen LogP contribution is -2.35. The average Bonchev–Trinajstić information content (AvgIpc) is 3.42. The van der Waals surface area contributed by atoms with Gasteiger partial charge in [-0.25, -0.2) is 14.6 Å². The zero-order chi connectivity index (χ0) is 24.0. The quantitative estimate of drug-likeness (QED) is 0.490. The first kappa shape index (κ1) is 23.8. The number of benzene rings is 1. The number of aryl methyl sites for hydroxylation is 1. The molecule has 10 heteroatoms. The van der Waals surface area contributed by atoms with Gasteiger partial charge >= 0.3 is 12.2 Å². The van der Waals surface area contributed by atoms with E-state index in [1.807, 2.05) is 46.0 Å². The van der Waals surface area contributed by atoms with Crippen molar-refractivity contribution in [2.45, 2.75) is 52.3 Å². The number of ether oxygens (including phenoxy) is 2.